The fraction of sp³-hybridized carbons (Fsp3) is 0.333. The Kier molecular flexibility index (Phi) is 6.94. The van der Waals surface area contributed by atoms with Crippen molar-refractivity contribution >= 4 is 28.6 Å². The molecule has 39 heavy (non-hydrogen) atoms. The predicted octanol–water partition coefficient (Wildman–Crippen LogP) is 3.18. The van der Waals surface area contributed by atoms with E-state index in [2.05, 4.69) is 59.9 Å². The van der Waals surface area contributed by atoms with Crippen molar-refractivity contribution in [3.05, 3.63) is 89.2 Å². The van der Waals surface area contributed by atoms with Gasteiger partial charge in [-0.2, -0.15) is 14.8 Å². The largest absolute Gasteiger partial charge is 0.388 e. The highest BCUT2D eigenvalue weighted by Crippen LogP contribution is 2.39. The number of anilines is 1. The van der Waals surface area contributed by atoms with Crippen molar-refractivity contribution in [1.82, 2.24) is 39.7 Å². The molecule has 12 heteroatoms. The lowest BCUT2D eigenvalue weighted by Gasteiger charge is -2.20. The summed E-state index contributed by atoms with van der Waals surface area (Å²) in [4.78, 5) is 14.8. The topological polar surface area (TPSA) is 140 Å². The first-order chi connectivity index (χ1) is 19.0. The molecular weight excluding hydrogens is 518 g/mol. The molecule has 3 heterocycles. The molecule has 0 amide bonds. The molecule has 1 aliphatic carbocycles. The summed E-state index contributed by atoms with van der Waals surface area (Å²) < 4.78 is 1.74. The Balaban J connectivity index is 1.30. The number of nitrogens with zero attached hydrogens (tertiary/aromatic N) is 8. The maximum atomic E-state index is 11.0. The summed E-state index contributed by atoms with van der Waals surface area (Å²) in [5, 5.41) is 37.7. The second kappa shape index (κ2) is 10.7. The number of aryl methyl sites for hydroxylation is 1. The highest BCUT2D eigenvalue weighted by Gasteiger charge is 2.45. The molecule has 200 valence electrons. The lowest BCUT2D eigenvalue weighted by molar-refractivity contribution is 0.00473. The quantitative estimate of drug-likeness (QED) is 0.251. The highest BCUT2D eigenvalue weighted by atomic mass is 35.5. The zero-order valence-electron chi connectivity index (χ0n) is 21.2. The van der Waals surface area contributed by atoms with Crippen LogP contribution in [0.2, 0.25) is 5.28 Å². The van der Waals surface area contributed by atoms with Crippen LogP contribution in [0, 0.1) is 0 Å². The number of aliphatic hydroxyl groups excluding tert-OH is 2. The van der Waals surface area contributed by atoms with Gasteiger partial charge in [0.2, 0.25) is 5.28 Å². The van der Waals surface area contributed by atoms with E-state index in [0.29, 0.717) is 42.2 Å². The summed E-state index contributed by atoms with van der Waals surface area (Å²) in [5.41, 5.74) is 3.32. The van der Waals surface area contributed by atoms with Gasteiger partial charge in [-0.15, -0.1) is 10.2 Å². The maximum Gasteiger partial charge on any atom is 0.226 e. The van der Waals surface area contributed by atoms with Gasteiger partial charge < -0.3 is 20.1 Å². The third-order valence-corrected chi connectivity index (χ3v) is 7.50. The lowest BCUT2D eigenvalue weighted by atomic mass is 9.91. The van der Waals surface area contributed by atoms with Crippen molar-refractivity contribution in [3.8, 4) is 0 Å². The van der Waals surface area contributed by atoms with E-state index < -0.39 is 24.3 Å². The molecule has 11 nitrogen and oxygen atoms in total. The van der Waals surface area contributed by atoms with E-state index in [0.717, 1.165) is 0 Å². The van der Waals surface area contributed by atoms with Crippen LogP contribution < -0.4 is 5.32 Å². The van der Waals surface area contributed by atoms with Crippen LogP contribution in [0.25, 0.3) is 11.2 Å². The molecule has 0 saturated heterocycles. The summed E-state index contributed by atoms with van der Waals surface area (Å²) in [6.45, 7) is 2.48. The number of aromatic nitrogens is 8. The van der Waals surface area contributed by atoms with Gasteiger partial charge in [-0.05, 0) is 34.4 Å². The van der Waals surface area contributed by atoms with Gasteiger partial charge in [-0.25, -0.2) is 4.98 Å². The summed E-state index contributed by atoms with van der Waals surface area (Å²) >= 11 is 6.37. The predicted molar refractivity (Wildman–Crippen MR) is 145 cm³/mol. The highest BCUT2D eigenvalue weighted by molar-refractivity contribution is 6.28. The molecule has 0 aliphatic heterocycles. The number of rotatable bonds is 8. The zero-order chi connectivity index (χ0) is 26.9. The molecule has 6 rings (SSSR count). The third kappa shape index (κ3) is 4.84. The number of fused-ring (bicyclic) bond motifs is 1. The van der Waals surface area contributed by atoms with Crippen molar-refractivity contribution < 1.29 is 10.2 Å². The minimum absolute atomic E-state index is 0.0536. The monoisotopic (exact) mass is 545 g/mol. The molecular formula is C27H28ClN9O2. The fourth-order valence-electron chi connectivity index (χ4n) is 5.28. The molecule has 2 aromatic carbocycles. The minimum Gasteiger partial charge on any atom is -0.388 e. The van der Waals surface area contributed by atoms with Crippen LogP contribution in [0.3, 0.4) is 0 Å². The number of hydrogen-bond acceptors (Lipinski definition) is 9. The molecule has 1 aliphatic rings. The first-order valence-electron chi connectivity index (χ1n) is 12.9. The standard InChI is InChI=1S/C27H28ClN9O2/c1-2-21-33-35-37(34-21)20-13-19(23(38)24(20)39)36-15-30-22-25(31-27(28)32-26(22)36)29-14-18(16-9-5-3-6-10-16)17-11-7-4-8-12-17/h3-12,15,18-20,23-24,38-39H,2,13-14H2,1H3,(H,29,31,32)/t19-,20+,23+,24-/m1/s1. The van der Waals surface area contributed by atoms with Gasteiger partial charge >= 0.3 is 0 Å². The van der Waals surface area contributed by atoms with Crippen molar-refractivity contribution in [2.24, 2.45) is 0 Å². The molecule has 5 aromatic rings. The number of nitrogens with one attached hydrogen (secondary N) is 1. The Labute approximate surface area is 229 Å². The first kappa shape index (κ1) is 25.4. The van der Waals surface area contributed by atoms with Gasteiger partial charge in [0.25, 0.3) is 0 Å². The van der Waals surface area contributed by atoms with Crippen LogP contribution in [0.15, 0.2) is 67.0 Å². The average molecular weight is 546 g/mol. The van der Waals surface area contributed by atoms with E-state index in [1.165, 1.54) is 15.9 Å². The Morgan fingerprint density at radius 3 is 2.28 bits per heavy atom. The summed E-state index contributed by atoms with van der Waals surface area (Å²) in [7, 11) is 0. The summed E-state index contributed by atoms with van der Waals surface area (Å²) in [6, 6.07) is 19.5. The van der Waals surface area contributed by atoms with Crippen LogP contribution in [-0.2, 0) is 6.42 Å². The van der Waals surface area contributed by atoms with Gasteiger partial charge in [0.15, 0.2) is 22.8 Å². The maximum absolute atomic E-state index is 11.0. The fourth-order valence-corrected chi connectivity index (χ4v) is 5.45. The van der Waals surface area contributed by atoms with Crippen molar-refractivity contribution in [2.45, 2.75) is 50.0 Å². The van der Waals surface area contributed by atoms with E-state index in [1.807, 2.05) is 43.3 Å². The van der Waals surface area contributed by atoms with Gasteiger partial charge in [0, 0.05) is 18.9 Å². The molecule has 1 fully saturated rings. The van der Waals surface area contributed by atoms with E-state index in [-0.39, 0.29) is 11.2 Å². The van der Waals surface area contributed by atoms with Gasteiger partial charge in [-0.1, -0.05) is 67.6 Å². The number of halogens is 1. The summed E-state index contributed by atoms with van der Waals surface area (Å²) in [5.74, 6) is 1.14. The number of hydrogen-bond donors (Lipinski definition) is 3. The van der Waals surface area contributed by atoms with Crippen LogP contribution >= 0.6 is 11.6 Å². The number of benzene rings is 2. The van der Waals surface area contributed by atoms with Crippen molar-refractivity contribution in [1.29, 1.82) is 0 Å². The molecule has 1 saturated carbocycles. The second-order valence-corrected chi connectivity index (χ2v) is 9.99. The van der Waals surface area contributed by atoms with Gasteiger partial charge in [-0.3, -0.25) is 0 Å². The van der Waals surface area contributed by atoms with Crippen LogP contribution in [-0.4, -0.2) is 68.7 Å². The molecule has 4 atom stereocenters. The molecule has 0 radical (unpaired) electrons. The van der Waals surface area contributed by atoms with Gasteiger partial charge in [0.1, 0.15) is 18.2 Å². The average Bonchev–Trinajstić information content (AvgIpc) is 3.68. The minimum atomic E-state index is -1.09. The van der Waals surface area contributed by atoms with Crippen LogP contribution in [0.1, 0.15) is 48.3 Å². The van der Waals surface area contributed by atoms with Crippen molar-refractivity contribution in [3.63, 3.8) is 0 Å². The third-order valence-electron chi connectivity index (χ3n) is 7.33. The second-order valence-electron chi connectivity index (χ2n) is 9.65. The number of aliphatic hydroxyl groups is 2. The van der Waals surface area contributed by atoms with E-state index in [9.17, 15) is 10.2 Å². The van der Waals surface area contributed by atoms with E-state index in [4.69, 9.17) is 11.6 Å². The van der Waals surface area contributed by atoms with Crippen LogP contribution in [0.4, 0.5) is 5.82 Å². The molecule has 3 aromatic heterocycles. The Hall–Kier alpha value is -3.93. The SMILES string of the molecule is CCc1nnn([C@H]2C[C@@H](n3cnc4c(NCC(c5ccccc5)c5ccccc5)nc(Cl)nc43)[C@H](O)[C@@H]2O)n1. The Bertz CT molecular complexity index is 1520. The lowest BCUT2D eigenvalue weighted by Crippen LogP contribution is -2.31. The smallest absolute Gasteiger partial charge is 0.226 e. The molecule has 0 spiro atoms. The Morgan fingerprint density at radius 1 is 0.974 bits per heavy atom. The molecule has 3 N–H and O–H groups in total. The van der Waals surface area contributed by atoms with E-state index in [1.54, 1.807) is 10.9 Å². The first-order valence-corrected chi connectivity index (χ1v) is 13.3. The van der Waals surface area contributed by atoms with Gasteiger partial charge in [0.05, 0.1) is 12.4 Å². The van der Waals surface area contributed by atoms with E-state index >= 15 is 0 Å². The number of imidazole rings is 1. The van der Waals surface area contributed by atoms with Crippen molar-refractivity contribution in [2.75, 3.05) is 11.9 Å². The Morgan fingerprint density at radius 2 is 1.64 bits per heavy atom. The number of tetrazole rings is 1. The van der Waals surface area contributed by atoms with Crippen LogP contribution in [0.5, 0.6) is 0 Å². The molecule has 0 bridgehead atoms. The summed E-state index contributed by atoms with van der Waals surface area (Å²) in [6.07, 6.45) is 0.415. The normalized spacial score (nSPS) is 21.2. The zero-order valence-corrected chi connectivity index (χ0v) is 22.0. The molecule has 0 unspecified atom stereocenters.